The lowest BCUT2D eigenvalue weighted by Gasteiger charge is -2.01. The molecule has 0 saturated carbocycles. The fourth-order valence-corrected chi connectivity index (χ4v) is 1.04. The summed E-state index contributed by atoms with van der Waals surface area (Å²) in [6.45, 7) is 2.61. The van der Waals surface area contributed by atoms with E-state index in [4.69, 9.17) is 0 Å². The molecule has 0 saturated heterocycles. The van der Waals surface area contributed by atoms with Gasteiger partial charge in [0.25, 0.3) is 0 Å². The summed E-state index contributed by atoms with van der Waals surface area (Å²) < 4.78 is 0. The van der Waals surface area contributed by atoms with Crippen molar-refractivity contribution in [1.29, 1.82) is 0 Å². The Balaban J connectivity index is 1.95. The van der Waals surface area contributed by atoms with Gasteiger partial charge in [-0.15, -0.1) is 0 Å². The summed E-state index contributed by atoms with van der Waals surface area (Å²) in [4.78, 5) is 15.1. The van der Waals surface area contributed by atoms with E-state index in [1.54, 1.807) is 24.9 Å². The second kappa shape index (κ2) is 3.87. The standard InChI is InChI=1S/C9H11N5/c1-7-2-11-9(12-3-7)13-5-8-4-10-6-14-8/h2-4,6H,5H2,1H3,(H,10,14)(H,11,12,13). The molecule has 2 rings (SSSR count). The zero-order valence-corrected chi connectivity index (χ0v) is 7.86. The molecule has 0 aliphatic heterocycles. The molecule has 2 N–H and O–H groups in total. The van der Waals surface area contributed by atoms with Gasteiger partial charge in [0.1, 0.15) is 0 Å². The predicted molar refractivity (Wildman–Crippen MR) is 52.7 cm³/mol. The van der Waals surface area contributed by atoms with Gasteiger partial charge in [-0.1, -0.05) is 0 Å². The average Bonchev–Trinajstić information content (AvgIpc) is 2.70. The van der Waals surface area contributed by atoms with Crippen molar-refractivity contribution in [2.75, 3.05) is 5.32 Å². The third-order valence-electron chi connectivity index (χ3n) is 1.77. The van der Waals surface area contributed by atoms with Crippen LogP contribution in [0.15, 0.2) is 24.9 Å². The molecule has 0 spiro atoms. The van der Waals surface area contributed by atoms with Crippen LogP contribution in [0.1, 0.15) is 11.3 Å². The molecule has 0 amide bonds. The summed E-state index contributed by atoms with van der Waals surface area (Å²) in [7, 11) is 0. The van der Waals surface area contributed by atoms with Crippen molar-refractivity contribution in [1.82, 2.24) is 19.9 Å². The normalized spacial score (nSPS) is 10.1. The van der Waals surface area contributed by atoms with Crippen LogP contribution in [0.2, 0.25) is 0 Å². The first-order valence-corrected chi connectivity index (χ1v) is 4.34. The maximum atomic E-state index is 4.12. The highest BCUT2D eigenvalue weighted by Gasteiger charge is 1.96. The average molecular weight is 189 g/mol. The number of rotatable bonds is 3. The summed E-state index contributed by atoms with van der Waals surface area (Å²) in [6.07, 6.45) is 6.97. The van der Waals surface area contributed by atoms with Crippen molar-refractivity contribution in [2.45, 2.75) is 13.5 Å². The van der Waals surface area contributed by atoms with Crippen molar-refractivity contribution < 1.29 is 0 Å². The molecule has 0 aromatic carbocycles. The number of nitrogens with zero attached hydrogens (tertiary/aromatic N) is 3. The van der Waals surface area contributed by atoms with Crippen LogP contribution >= 0.6 is 0 Å². The van der Waals surface area contributed by atoms with Crippen molar-refractivity contribution >= 4 is 5.95 Å². The molecule has 0 unspecified atom stereocenters. The Kier molecular flexibility index (Phi) is 2.40. The lowest BCUT2D eigenvalue weighted by molar-refractivity contribution is 1.01. The predicted octanol–water partition coefficient (Wildman–Crippen LogP) is 1.12. The monoisotopic (exact) mass is 189 g/mol. The Morgan fingerprint density at radius 2 is 2.07 bits per heavy atom. The van der Waals surface area contributed by atoms with Crippen LogP contribution < -0.4 is 5.32 Å². The third-order valence-corrected chi connectivity index (χ3v) is 1.77. The number of hydrogen-bond acceptors (Lipinski definition) is 4. The summed E-state index contributed by atoms with van der Waals surface area (Å²) in [5, 5.41) is 3.08. The minimum atomic E-state index is 0.630. The number of aryl methyl sites for hydroxylation is 1. The minimum absolute atomic E-state index is 0.630. The summed E-state index contributed by atoms with van der Waals surface area (Å²) >= 11 is 0. The number of imidazole rings is 1. The minimum Gasteiger partial charge on any atom is -0.349 e. The lowest BCUT2D eigenvalue weighted by atomic mass is 10.4. The van der Waals surface area contributed by atoms with E-state index in [0.29, 0.717) is 12.5 Å². The van der Waals surface area contributed by atoms with E-state index in [1.165, 1.54) is 0 Å². The quantitative estimate of drug-likeness (QED) is 0.759. The van der Waals surface area contributed by atoms with Crippen molar-refractivity contribution in [3.05, 3.63) is 36.2 Å². The third kappa shape index (κ3) is 2.07. The highest BCUT2D eigenvalue weighted by atomic mass is 15.1. The SMILES string of the molecule is Cc1cnc(NCc2cnc[nH]2)nc1. The van der Waals surface area contributed by atoms with Crippen LogP contribution in [0, 0.1) is 6.92 Å². The molecule has 0 fully saturated rings. The van der Waals surface area contributed by atoms with Gasteiger partial charge in [-0.3, -0.25) is 0 Å². The molecule has 0 atom stereocenters. The fourth-order valence-electron chi connectivity index (χ4n) is 1.04. The number of nitrogens with one attached hydrogen (secondary N) is 2. The molecule has 2 aromatic rings. The number of aromatic amines is 1. The van der Waals surface area contributed by atoms with Crippen LogP contribution in [-0.4, -0.2) is 19.9 Å². The first-order chi connectivity index (χ1) is 6.84. The van der Waals surface area contributed by atoms with Gasteiger partial charge in [0.05, 0.1) is 18.6 Å². The highest BCUT2D eigenvalue weighted by Crippen LogP contribution is 2.00. The fraction of sp³-hybridized carbons (Fsp3) is 0.222. The number of aromatic nitrogens is 4. The van der Waals surface area contributed by atoms with Gasteiger partial charge in [0.2, 0.25) is 5.95 Å². The molecule has 5 nitrogen and oxygen atoms in total. The summed E-state index contributed by atoms with van der Waals surface area (Å²) in [6, 6.07) is 0. The molecule has 0 aliphatic carbocycles. The van der Waals surface area contributed by atoms with Crippen molar-refractivity contribution in [3.8, 4) is 0 Å². The Labute approximate surface area is 81.6 Å². The Morgan fingerprint density at radius 3 is 2.71 bits per heavy atom. The molecular formula is C9H11N5. The van der Waals surface area contributed by atoms with E-state index >= 15 is 0 Å². The van der Waals surface area contributed by atoms with Crippen LogP contribution in [-0.2, 0) is 6.54 Å². The van der Waals surface area contributed by atoms with E-state index < -0.39 is 0 Å². The Hall–Kier alpha value is -1.91. The number of anilines is 1. The van der Waals surface area contributed by atoms with Gasteiger partial charge in [-0.2, -0.15) is 0 Å². The molecular weight excluding hydrogens is 178 g/mol. The first-order valence-electron chi connectivity index (χ1n) is 4.34. The number of H-pyrrole nitrogens is 1. The van der Waals surface area contributed by atoms with Gasteiger partial charge < -0.3 is 10.3 Å². The zero-order valence-electron chi connectivity index (χ0n) is 7.86. The Morgan fingerprint density at radius 1 is 1.29 bits per heavy atom. The maximum Gasteiger partial charge on any atom is 0.222 e. The summed E-state index contributed by atoms with van der Waals surface area (Å²) in [5.41, 5.74) is 2.06. The van der Waals surface area contributed by atoms with Gasteiger partial charge in [0.15, 0.2) is 0 Å². The smallest absolute Gasteiger partial charge is 0.222 e. The van der Waals surface area contributed by atoms with Gasteiger partial charge >= 0.3 is 0 Å². The molecule has 5 heteroatoms. The highest BCUT2D eigenvalue weighted by molar-refractivity contribution is 5.25. The van der Waals surface area contributed by atoms with E-state index in [-0.39, 0.29) is 0 Å². The molecule has 14 heavy (non-hydrogen) atoms. The van der Waals surface area contributed by atoms with E-state index in [2.05, 4.69) is 25.3 Å². The van der Waals surface area contributed by atoms with Gasteiger partial charge in [-0.05, 0) is 12.5 Å². The largest absolute Gasteiger partial charge is 0.349 e. The van der Waals surface area contributed by atoms with Crippen LogP contribution in [0.25, 0.3) is 0 Å². The van der Waals surface area contributed by atoms with Crippen LogP contribution in [0.3, 0.4) is 0 Å². The number of hydrogen-bond donors (Lipinski definition) is 2. The molecule has 2 heterocycles. The molecule has 0 radical (unpaired) electrons. The first kappa shape index (κ1) is 8.68. The van der Waals surface area contributed by atoms with Crippen LogP contribution in [0.5, 0.6) is 0 Å². The van der Waals surface area contributed by atoms with Crippen LogP contribution in [0.4, 0.5) is 5.95 Å². The molecule has 0 bridgehead atoms. The van der Waals surface area contributed by atoms with Crippen molar-refractivity contribution in [2.24, 2.45) is 0 Å². The summed E-state index contributed by atoms with van der Waals surface area (Å²) in [5.74, 6) is 0.630. The van der Waals surface area contributed by atoms with Crippen molar-refractivity contribution in [3.63, 3.8) is 0 Å². The van der Waals surface area contributed by atoms with Gasteiger partial charge in [0, 0.05) is 18.6 Å². The second-order valence-corrected chi connectivity index (χ2v) is 3.01. The van der Waals surface area contributed by atoms with Gasteiger partial charge in [-0.25, -0.2) is 15.0 Å². The molecule has 2 aromatic heterocycles. The maximum absolute atomic E-state index is 4.12. The molecule has 0 aliphatic rings. The zero-order chi connectivity index (χ0) is 9.80. The van der Waals surface area contributed by atoms with E-state index in [9.17, 15) is 0 Å². The van der Waals surface area contributed by atoms with E-state index in [0.717, 1.165) is 11.3 Å². The van der Waals surface area contributed by atoms with E-state index in [1.807, 2.05) is 6.92 Å². The topological polar surface area (TPSA) is 66.5 Å². The Bertz CT molecular complexity index is 378. The second-order valence-electron chi connectivity index (χ2n) is 3.01. The molecule has 72 valence electrons. The lowest BCUT2D eigenvalue weighted by Crippen LogP contribution is -2.03.